The van der Waals surface area contributed by atoms with E-state index >= 15 is 0 Å². The molecule has 2 nitrogen and oxygen atoms in total. The highest BCUT2D eigenvalue weighted by Gasteiger charge is 2.30. The molecule has 1 aromatic rings. The second-order valence-electron chi connectivity index (χ2n) is 4.05. The summed E-state index contributed by atoms with van der Waals surface area (Å²) in [6.07, 6.45) is 5.59. The fraction of sp³-hybridized carbons (Fsp3) is 0.286. The third kappa shape index (κ3) is 2.11. The Labute approximate surface area is 95.0 Å². The van der Waals surface area contributed by atoms with Crippen molar-refractivity contribution in [3.63, 3.8) is 0 Å². The predicted octanol–water partition coefficient (Wildman–Crippen LogP) is 2.50. The minimum absolute atomic E-state index is 0.0485. The van der Waals surface area contributed by atoms with E-state index < -0.39 is 0 Å². The van der Waals surface area contributed by atoms with E-state index in [1.54, 1.807) is 6.08 Å². The number of aldehydes is 1. The molecule has 0 spiro atoms. The van der Waals surface area contributed by atoms with E-state index in [2.05, 4.69) is 0 Å². The van der Waals surface area contributed by atoms with E-state index in [1.165, 1.54) is 0 Å². The number of hydrogen-bond acceptors (Lipinski definition) is 2. The molecule has 0 fully saturated rings. The van der Waals surface area contributed by atoms with E-state index in [1.807, 2.05) is 36.4 Å². The summed E-state index contributed by atoms with van der Waals surface area (Å²) in [6, 6.07) is 9.97. The van der Waals surface area contributed by atoms with Crippen molar-refractivity contribution in [1.29, 1.82) is 0 Å². The topological polar surface area (TPSA) is 34.1 Å². The lowest BCUT2D eigenvalue weighted by molar-refractivity contribution is -0.118. The molecule has 0 bridgehead atoms. The maximum absolute atomic E-state index is 11.7. The first-order valence-corrected chi connectivity index (χ1v) is 5.53. The summed E-state index contributed by atoms with van der Waals surface area (Å²) in [5.74, 6) is 0.247. The summed E-state index contributed by atoms with van der Waals surface area (Å²) < 4.78 is 0. The Kier molecular flexibility index (Phi) is 3.30. The number of allylic oxidation sites excluding steroid dienone is 2. The van der Waals surface area contributed by atoms with Crippen LogP contribution in [-0.4, -0.2) is 12.1 Å². The Balaban J connectivity index is 2.17. The zero-order valence-electron chi connectivity index (χ0n) is 9.00. The fourth-order valence-corrected chi connectivity index (χ4v) is 2.22. The summed E-state index contributed by atoms with van der Waals surface area (Å²) >= 11 is 0. The Hall–Kier alpha value is -1.70. The van der Waals surface area contributed by atoms with Gasteiger partial charge in [-0.25, -0.2) is 0 Å². The molecule has 0 saturated heterocycles. The van der Waals surface area contributed by atoms with Crippen LogP contribution in [0.25, 0.3) is 0 Å². The molecule has 2 heteroatoms. The summed E-state index contributed by atoms with van der Waals surface area (Å²) in [5.41, 5.74) is 1.15. The first kappa shape index (κ1) is 10.8. The Bertz CT molecular complexity index is 406. The van der Waals surface area contributed by atoms with Gasteiger partial charge in [-0.2, -0.15) is 0 Å². The van der Waals surface area contributed by atoms with Gasteiger partial charge in [0.2, 0.25) is 0 Å². The van der Waals surface area contributed by atoms with Crippen LogP contribution in [0.1, 0.15) is 24.3 Å². The molecule has 0 heterocycles. The van der Waals surface area contributed by atoms with E-state index in [9.17, 15) is 9.59 Å². The quantitative estimate of drug-likeness (QED) is 0.722. The molecular formula is C14H14O2. The average Bonchev–Trinajstić information content (AvgIpc) is 2.69. The van der Waals surface area contributed by atoms with E-state index in [4.69, 9.17) is 0 Å². The van der Waals surface area contributed by atoms with Crippen LogP contribution in [0.15, 0.2) is 42.5 Å². The number of carbonyl (C=O) groups excluding carboxylic acids is 2. The van der Waals surface area contributed by atoms with Crippen LogP contribution in [-0.2, 0) is 9.59 Å². The lowest BCUT2D eigenvalue weighted by Crippen LogP contribution is -2.14. The number of benzene rings is 1. The van der Waals surface area contributed by atoms with Gasteiger partial charge in [0.05, 0.1) is 0 Å². The molecule has 0 aliphatic heterocycles. The molecule has 2 unspecified atom stereocenters. The van der Waals surface area contributed by atoms with Gasteiger partial charge in [-0.3, -0.25) is 4.79 Å². The SMILES string of the molecule is O=CCCC1C(=O)C=CC1c1ccccc1. The predicted molar refractivity (Wildman–Crippen MR) is 62.1 cm³/mol. The van der Waals surface area contributed by atoms with Crippen molar-refractivity contribution in [2.24, 2.45) is 5.92 Å². The molecule has 0 radical (unpaired) electrons. The molecule has 2 atom stereocenters. The minimum atomic E-state index is -0.0485. The number of hydrogen-bond donors (Lipinski definition) is 0. The number of ketones is 1. The van der Waals surface area contributed by atoms with Crippen molar-refractivity contribution >= 4 is 12.1 Å². The van der Waals surface area contributed by atoms with Crippen LogP contribution >= 0.6 is 0 Å². The van der Waals surface area contributed by atoms with Crippen molar-refractivity contribution in [2.45, 2.75) is 18.8 Å². The summed E-state index contributed by atoms with van der Waals surface area (Å²) in [4.78, 5) is 22.0. The van der Waals surface area contributed by atoms with Crippen LogP contribution in [0.5, 0.6) is 0 Å². The maximum atomic E-state index is 11.7. The highest BCUT2D eigenvalue weighted by molar-refractivity contribution is 5.95. The van der Waals surface area contributed by atoms with Crippen LogP contribution in [0, 0.1) is 5.92 Å². The van der Waals surface area contributed by atoms with Gasteiger partial charge in [-0.15, -0.1) is 0 Å². The smallest absolute Gasteiger partial charge is 0.159 e. The van der Waals surface area contributed by atoms with Crippen molar-refractivity contribution < 1.29 is 9.59 Å². The van der Waals surface area contributed by atoms with Gasteiger partial charge >= 0.3 is 0 Å². The van der Waals surface area contributed by atoms with Gasteiger partial charge in [0.25, 0.3) is 0 Å². The van der Waals surface area contributed by atoms with Crippen LogP contribution < -0.4 is 0 Å². The zero-order valence-corrected chi connectivity index (χ0v) is 9.00. The zero-order chi connectivity index (χ0) is 11.4. The Morgan fingerprint density at radius 2 is 1.94 bits per heavy atom. The van der Waals surface area contributed by atoms with Gasteiger partial charge in [-0.1, -0.05) is 36.4 Å². The highest BCUT2D eigenvalue weighted by Crippen LogP contribution is 2.34. The fourth-order valence-electron chi connectivity index (χ4n) is 2.22. The first-order valence-electron chi connectivity index (χ1n) is 5.53. The Morgan fingerprint density at radius 1 is 1.19 bits per heavy atom. The van der Waals surface area contributed by atoms with Crippen molar-refractivity contribution in [1.82, 2.24) is 0 Å². The molecular weight excluding hydrogens is 200 g/mol. The van der Waals surface area contributed by atoms with Crippen molar-refractivity contribution in [3.8, 4) is 0 Å². The van der Waals surface area contributed by atoms with Gasteiger partial charge in [0.1, 0.15) is 6.29 Å². The average molecular weight is 214 g/mol. The molecule has 82 valence electrons. The lowest BCUT2D eigenvalue weighted by atomic mass is 9.85. The molecule has 2 rings (SSSR count). The monoisotopic (exact) mass is 214 g/mol. The summed E-state index contributed by atoms with van der Waals surface area (Å²) in [6.45, 7) is 0. The van der Waals surface area contributed by atoms with Gasteiger partial charge in [0, 0.05) is 18.3 Å². The van der Waals surface area contributed by atoms with Crippen LogP contribution in [0.4, 0.5) is 0 Å². The molecule has 0 saturated carbocycles. The second kappa shape index (κ2) is 4.88. The third-order valence-electron chi connectivity index (χ3n) is 3.05. The molecule has 0 aromatic heterocycles. The Morgan fingerprint density at radius 3 is 2.62 bits per heavy atom. The van der Waals surface area contributed by atoms with E-state index in [0.717, 1.165) is 11.8 Å². The second-order valence-corrected chi connectivity index (χ2v) is 4.05. The molecule has 0 N–H and O–H groups in total. The third-order valence-corrected chi connectivity index (χ3v) is 3.05. The van der Waals surface area contributed by atoms with Crippen LogP contribution in [0.3, 0.4) is 0 Å². The highest BCUT2D eigenvalue weighted by atomic mass is 16.1. The van der Waals surface area contributed by atoms with Gasteiger partial charge < -0.3 is 4.79 Å². The summed E-state index contributed by atoms with van der Waals surface area (Å²) in [7, 11) is 0. The first-order chi connectivity index (χ1) is 7.83. The van der Waals surface area contributed by atoms with Crippen LogP contribution in [0.2, 0.25) is 0 Å². The molecule has 1 aromatic carbocycles. The lowest BCUT2D eigenvalue weighted by Gasteiger charge is -2.17. The van der Waals surface area contributed by atoms with E-state index in [0.29, 0.717) is 12.8 Å². The van der Waals surface area contributed by atoms with Crippen molar-refractivity contribution in [2.75, 3.05) is 0 Å². The minimum Gasteiger partial charge on any atom is -0.303 e. The van der Waals surface area contributed by atoms with Crippen molar-refractivity contribution in [3.05, 3.63) is 48.0 Å². The molecule has 1 aliphatic rings. The normalized spacial score (nSPS) is 23.6. The molecule has 1 aliphatic carbocycles. The summed E-state index contributed by atoms with van der Waals surface area (Å²) in [5, 5.41) is 0. The van der Waals surface area contributed by atoms with E-state index in [-0.39, 0.29) is 17.6 Å². The largest absolute Gasteiger partial charge is 0.303 e. The molecule has 0 amide bonds. The van der Waals surface area contributed by atoms with Gasteiger partial charge in [0.15, 0.2) is 5.78 Å². The number of rotatable bonds is 4. The molecule has 16 heavy (non-hydrogen) atoms. The van der Waals surface area contributed by atoms with Gasteiger partial charge in [-0.05, 0) is 18.1 Å². The number of carbonyl (C=O) groups is 2. The standard InChI is InChI=1S/C14H14O2/c15-10-4-7-13-12(8-9-14(13)16)11-5-2-1-3-6-11/h1-3,5-6,8-10,12-13H,4,7H2. The maximum Gasteiger partial charge on any atom is 0.159 e.